The lowest BCUT2D eigenvalue weighted by Crippen LogP contribution is -2.34. The van der Waals surface area contributed by atoms with Crippen molar-refractivity contribution in [3.8, 4) is 0 Å². The van der Waals surface area contributed by atoms with Gasteiger partial charge in [0.25, 0.3) is 5.69 Å². The number of hydrogen-bond acceptors (Lipinski definition) is 5. The van der Waals surface area contributed by atoms with Crippen molar-refractivity contribution in [1.29, 1.82) is 0 Å². The molecule has 7 nitrogen and oxygen atoms in total. The number of ether oxygens (including phenoxy) is 1. The average Bonchev–Trinajstić information content (AvgIpc) is 2.52. The number of allylic oxidation sites excluding steroid dienone is 1. The normalized spacial score (nSPS) is 17.7. The highest BCUT2D eigenvalue weighted by molar-refractivity contribution is 5.95. The molecule has 1 heterocycles. The molecule has 0 radical (unpaired) electrons. The fourth-order valence-corrected chi connectivity index (χ4v) is 2.60. The predicted octanol–water partition coefficient (Wildman–Crippen LogP) is 2.67. The largest absolute Gasteiger partial charge is 0.462 e. The van der Waals surface area contributed by atoms with E-state index in [1.54, 1.807) is 19.1 Å². The Hall–Kier alpha value is -2.70. The predicted molar refractivity (Wildman–Crippen MR) is 87.1 cm³/mol. The highest BCUT2D eigenvalue weighted by atomic mass is 16.6. The molecule has 1 unspecified atom stereocenters. The summed E-state index contributed by atoms with van der Waals surface area (Å²) in [6.45, 7) is 5.81. The number of esters is 1. The van der Waals surface area contributed by atoms with E-state index in [0.29, 0.717) is 16.8 Å². The molecule has 0 spiro atoms. The molecule has 1 amide bonds. The van der Waals surface area contributed by atoms with E-state index in [1.165, 1.54) is 12.1 Å². The zero-order valence-electron chi connectivity index (χ0n) is 13.9. The minimum atomic E-state index is -0.490. The summed E-state index contributed by atoms with van der Waals surface area (Å²) < 4.78 is 5.31. The Morgan fingerprint density at radius 1 is 1.38 bits per heavy atom. The summed E-state index contributed by atoms with van der Waals surface area (Å²) in [5.74, 6) is -0.939. The smallest absolute Gasteiger partial charge is 0.336 e. The highest BCUT2D eigenvalue weighted by Gasteiger charge is 2.33. The fourth-order valence-electron chi connectivity index (χ4n) is 2.60. The summed E-state index contributed by atoms with van der Waals surface area (Å²) in [4.78, 5) is 34.6. The van der Waals surface area contributed by atoms with Crippen molar-refractivity contribution in [3.05, 3.63) is 51.2 Å². The number of rotatable bonds is 5. The van der Waals surface area contributed by atoms with Gasteiger partial charge < -0.3 is 10.1 Å². The lowest BCUT2D eigenvalue weighted by molar-refractivity contribution is -0.384. The molecule has 0 bridgehead atoms. The Bertz CT molecular complexity index is 691. The first-order valence-electron chi connectivity index (χ1n) is 7.71. The molecule has 24 heavy (non-hydrogen) atoms. The third-order valence-corrected chi connectivity index (χ3v) is 3.74. The summed E-state index contributed by atoms with van der Waals surface area (Å²) in [5.41, 5.74) is 1.49. The van der Waals surface area contributed by atoms with Gasteiger partial charge in [0, 0.05) is 30.2 Å². The maximum absolute atomic E-state index is 12.4. The van der Waals surface area contributed by atoms with Gasteiger partial charge in [0.15, 0.2) is 0 Å². The lowest BCUT2D eigenvalue weighted by Gasteiger charge is -2.26. The SMILES string of the molecule is CC1=C(C(=O)OCC(C)C)C(c2ccc([N+](=O)[O-])cc2)CC(=O)N1. The van der Waals surface area contributed by atoms with Gasteiger partial charge in [-0.15, -0.1) is 0 Å². The van der Waals surface area contributed by atoms with Gasteiger partial charge in [0.2, 0.25) is 5.91 Å². The molecule has 0 saturated heterocycles. The van der Waals surface area contributed by atoms with Gasteiger partial charge in [0.05, 0.1) is 17.1 Å². The minimum absolute atomic E-state index is 0.0383. The van der Waals surface area contributed by atoms with Crippen molar-refractivity contribution in [2.45, 2.75) is 33.1 Å². The molecule has 0 fully saturated rings. The second-order valence-electron chi connectivity index (χ2n) is 6.18. The number of nitro groups is 1. The van der Waals surface area contributed by atoms with Gasteiger partial charge in [-0.2, -0.15) is 0 Å². The molecule has 0 aliphatic carbocycles. The molecule has 7 heteroatoms. The van der Waals surface area contributed by atoms with Crippen LogP contribution in [0, 0.1) is 16.0 Å². The van der Waals surface area contributed by atoms with Crippen molar-refractivity contribution in [2.24, 2.45) is 5.92 Å². The van der Waals surface area contributed by atoms with Crippen LogP contribution in [0.2, 0.25) is 0 Å². The molecular weight excluding hydrogens is 312 g/mol. The summed E-state index contributed by atoms with van der Waals surface area (Å²) in [6.07, 6.45) is 0.0985. The van der Waals surface area contributed by atoms with Crippen molar-refractivity contribution in [3.63, 3.8) is 0 Å². The molecule has 1 N–H and O–H groups in total. The van der Waals surface area contributed by atoms with E-state index in [4.69, 9.17) is 4.74 Å². The Balaban J connectivity index is 2.33. The topological polar surface area (TPSA) is 98.5 Å². The molecule has 2 rings (SSSR count). The zero-order chi connectivity index (χ0) is 17.9. The van der Waals surface area contributed by atoms with E-state index < -0.39 is 16.8 Å². The van der Waals surface area contributed by atoms with E-state index in [-0.39, 0.29) is 30.5 Å². The van der Waals surface area contributed by atoms with Gasteiger partial charge >= 0.3 is 5.97 Å². The van der Waals surface area contributed by atoms with Gasteiger partial charge in [-0.3, -0.25) is 14.9 Å². The molecule has 1 aliphatic rings. The number of hydrogen-bond donors (Lipinski definition) is 1. The van der Waals surface area contributed by atoms with Crippen molar-refractivity contribution in [1.82, 2.24) is 5.32 Å². The quantitative estimate of drug-likeness (QED) is 0.508. The van der Waals surface area contributed by atoms with Gasteiger partial charge in [-0.1, -0.05) is 26.0 Å². The third kappa shape index (κ3) is 3.98. The van der Waals surface area contributed by atoms with Crippen LogP contribution in [0.25, 0.3) is 0 Å². The molecule has 128 valence electrons. The monoisotopic (exact) mass is 332 g/mol. The Morgan fingerprint density at radius 2 is 2.00 bits per heavy atom. The highest BCUT2D eigenvalue weighted by Crippen LogP contribution is 2.34. The number of non-ortho nitro benzene ring substituents is 1. The second kappa shape index (κ2) is 7.25. The summed E-state index contributed by atoms with van der Waals surface area (Å²) in [7, 11) is 0. The number of nitro benzene ring substituents is 1. The number of nitrogens with zero attached hydrogens (tertiary/aromatic N) is 1. The van der Waals surface area contributed by atoms with Crippen molar-refractivity contribution >= 4 is 17.6 Å². The minimum Gasteiger partial charge on any atom is -0.462 e. The molecule has 1 aromatic carbocycles. The molecule has 0 saturated carbocycles. The lowest BCUT2D eigenvalue weighted by atomic mass is 9.84. The van der Waals surface area contributed by atoms with Crippen LogP contribution in [0.3, 0.4) is 0 Å². The average molecular weight is 332 g/mol. The number of amides is 1. The van der Waals surface area contributed by atoms with E-state index in [2.05, 4.69) is 5.32 Å². The molecule has 1 atom stereocenters. The van der Waals surface area contributed by atoms with E-state index in [0.717, 1.165) is 0 Å². The third-order valence-electron chi connectivity index (χ3n) is 3.74. The molecule has 0 aromatic heterocycles. The van der Waals surface area contributed by atoms with E-state index in [1.807, 2.05) is 13.8 Å². The first-order valence-corrected chi connectivity index (χ1v) is 7.71. The van der Waals surface area contributed by atoms with Crippen LogP contribution in [0.4, 0.5) is 5.69 Å². The second-order valence-corrected chi connectivity index (χ2v) is 6.18. The van der Waals surface area contributed by atoms with Crippen molar-refractivity contribution in [2.75, 3.05) is 6.61 Å². The van der Waals surface area contributed by atoms with Crippen molar-refractivity contribution < 1.29 is 19.2 Å². The van der Waals surface area contributed by atoms with Gasteiger partial charge in [0.1, 0.15) is 0 Å². The maximum Gasteiger partial charge on any atom is 0.336 e. The van der Waals surface area contributed by atoms with Gasteiger partial charge in [-0.25, -0.2) is 4.79 Å². The number of carbonyl (C=O) groups excluding carboxylic acids is 2. The van der Waals surface area contributed by atoms with E-state index >= 15 is 0 Å². The van der Waals surface area contributed by atoms with Crippen LogP contribution in [-0.4, -0.2) is 23.4 Å². The summed E-state index contributed by atoms with van der Waals surface area (Å²) in [5, 5.41) is 13.4. The number of nitrogens with one attached hydrogen (secondary N) is 1. The summed E-state index contributed by atoms with van der Waals surface area (Å²) >= 11 is 0. The Labute approximate surface area is 139 Å². The van der Waals surface area contributed by atoms with Crippen LogP contribution < -0.4 is 5.32 Å². The maximum atomic E-state index is 12.4. The van der Waals surface area contributed by atoms with Crippen LogP contribution in [0.1, 0.15) is 38.7 Å². The Kier molecular flexibility index (Phi) is 5.33. The van der Waals surface area contributed by atoms with Gasteiger partial charge in [-0.05, 0) is 18.4 Å². The van der Waals surface area contributed by atoms with Crippen LogP contribution in [0.15, 0.2) is 35.5 Å². The standard InChI is InChI=1S/C17H20N2O5/c1-10(2)9-24-17(21)16-11(3)18-15(20)8-14(16)12-4-6-13(7-5-12)19(22)23/h4-7,10,14H,8-9H2,1-3H3,(H,18,20). The Morgan fingerprint density at radius 3 is 2.54 bits per heavy atom. The summed E-state index contributed by atoms with van der Waals surface area (Å²) in [6, 6.07) is 5.89. The number of carbonyl (C=O) groups is 2. The first kappa shape index (κ1) is 17.7. The molecule has 1 aliphatic heterocycles. The van der Waals surface area contributed by atoms with Crippen LogP contribution in [-0.2, 0) is 14.3 Å². The molecular formula is C17H20N2O5. The first-order chi connectivity index (χ1) is 11.3. The number of benzene rings is 1. The van der Waals surface area contributed by atoms with Crippen LogP contribution in [0.5, 0.6) is 0 Å². The van der Waals surface area contributed by atoms with Crippen LogP contribution >= 0.6 is 0 Å². The molecule has 1 aromatic rings. The van der Waals surface area contributed by atoms with E-state index in [9.17, 15) is 19.7 Å². The zero-order valence-corrected chi connectivity index (χ0v) is 13.9. The fraction of sp³-hybridized carbons (Fsp3) is 0.412.